The lowest BCUT2D eigenvalue weighted by Crippen LogP contribution is -2.25. The summed E-state index contributed by atoms with van der Waals surface area (Å²) >= 11 is 0. The Morgan fingerprint density at radius 3 is 2.50 bits per heavy atom. The lowest BCUT2D eigenvalue weighted by Gasteiger charge is -2.16. The molecule has 4 aromatic carbocycles. The molecule has 148 valence electrons. The number of methoxy groups -OCH3 is 1. The van der Waals surface area contributed by atoms with Crippen LogP contribution in [0.25, 0.3) is 21.5 Å². The minimum atomic E-state index is -0.255. The molecule has 0 saturated carbocycles. The van der Waals surface area contributed by atoms with Crippen molar-refractivity contribution in [1.82, 2.24) is 0 Å². The fraction of sp³-hybridized carbons (Fsp3) is 0.120. The van der Waals surface area contributed by atoms with E-state index in [0.717, 1.165) is 27.2 Å². The highest BCUT2D eigenvalue weighted by molar-refractivity contribution is 6.27. The van der Waals surface area contributed by atoms with Crippen LogP contribution in [-0.4, -0.2) is 25.5 Å². The number of ether oxygens (including phenoxy) is 1. The summed E-state index contributed by atoms with van der Waals surface area (Å²) in [5.74, 6) is 0.261. The number of nitrogens with one attached hydrogen (secondary N) is 1. The van der Waals surface area contributed by atoms with Gasteiger partial charge in [-0.1, -0.05) is 36.4 Å². The van der Waals surface area contributed by atoms with Crippen molar-refractivity contribution in [3.8, 4) is 5.75 Å². The molecule has 5 rings (SSSR count). The SMILES string of the molecule is CCN1C(=O)c2cccc3c(NC(=O)c4cc5ccccc5cc4OC)ccc1c23. The highest BCUT2D eigenvalue weighted by atomic mass is 16.5. The molecule has 0 radical (unpaired) electrons. The lowest BCUT2D eigenvalue weighted by atomic mass is 10.0. The minimum absolute atomic E-state index is 0.00206. The van der Waals surface area contributed by atoms with E-state index < -0.39 is 0 Å². The smallest absolute Gasteiger partial charge is 0.259 e. The molecular formula is C25H20N2O3. The van der Waals surface area contributed by atoms with Crippen molar-refractivity contribution < 1.29 is 14.3 Å². The number of hydrogen-bond acceptors (Lipinski definition) is 3. The van der Waals surface area contributed by atoms with Crippen LogP contribution in [0.2, 0.25) is 0 Å². The van der Waals surface area contributed by atoms with E-state index in [1.165, 1.54) is 0 Å². The van der Waals surface area contributed by atoms with E-state index in [2.05, 4.69) is 5.32 Å². The Morgan fingerprint density at radius 1 is 1.00 bits per heavy atom. The number of fused-ring (bicyclic) bond motifs is 1. The molecule has 5 heteroatoms. The predicted octanol–water partition coefficient (Wildman–Crippen LogP) is 5.23. The maximum absolute atomic E-state index is 13.2. The molecule has 0 bridgehead atoms. The number of carbonyl (C=O) groups excluding carboxylic acids is 2. The second kappa shape index (κ2) is 6.88. The van der Waals surface area contributed by atoms with Gasteiger partial charge in [-0.15, -0.1) is 0 Å². The van der Waals surface area contributed by atoms with Gasteiger partial charge < -0.3 is 15.0 Å². The number of nitrogens with zero attached hydrogens (tertiary/aromatic N) is 1. The van der Waals surface area contributed by atoms with Crippen LogP contribution in [-0.2, 0) is 0 Å². The average molecular weight is 396 g/mol. The molecular weight excluding hydrogens is 376 g/mol. The number of benzene rings is 4. The zero-order valence-corrected chi connectivity index (χ0v) is 16.7. The van der Waals surface area contributed by atoms with Crippen molar-refractivity contribution in [2.75, 3.05) is 23.9 Å². The van der Waals surface area contributed by atoms with Crippen LogP contribution >= 0.6 is 0 Å². The lowest BCUT2D eigenvalue weighted by molar-refractivity contribution is 0.0992. The van der Waals surface area contributed by atoms with Crippen molar-refractivity contribution in [2.24, 2.45) is 0 Å². The van der Waals surface area contributed by atoms with Gasteiger partial charge in [0, 0.05) is 28.6 Å². The van der Waals surface area contributed by atoms with Crippen molar-refractivity contribution in [2.45, 2.75) is 6.92 Å². The van der Waals surface area contributed by atoms with Crippen LogP contribution < -0.4 is 15.0 Å². The third kappa shape index (κ3) is 2.63. The van der Waals surface area contributed by atoms with Gasteiger partial charge >= 0.3 is 0 Å². The molecule has 0 spiro atoms. The first-order valence-corrected chi connectivity index (χ1v) is 9.88. The Bertz CT molecular complexity index is 1340. The van der Waals surface area contributed by atoms with Crippen LogP contribution in [0.5, 0.6) is 5.75 Å². The maximum Gasteiger partial charge on any atom is 0.259 e. The molecule has 0 atom stereocenters. The summed E-state index contributed by atoms with van der Waals surface area (Å²) < 4.78 is 5.48. The number of carbonyl (C=O) groups is 2. The molecule has 0 aromatic heterocycles. The number of anilines is 2. The van der Waals surface area contributed by atoms with Crippen LogP contribution in [0.4, 0.5) is 11.4 Å². The molecule has 0 fully saturated rings. The number of hydrogen-bond donors (Lipinski definition) is 1. The molecule has 1 aliphatic heterocycles. The quantitative estimate of drug-likeness (QED) is 0.514. The van der Waals surface area contributed by atoms with E-state index in [0.29, 0.717) is 29.1 Å². The van der Waals surface area contributed by atoms with Crippen molar-refractivity contribution >= 4 is 44.7 Å². The van der Waals surface area contributed by atoms with Gasteiger partial charge in [0.1, 0.15) is 5.75 Å². The molecule has 30 heavy (non-hydrogen) atoms. The summed E-state index contributed by atoms with van der Waals surface area (Å²) in [6, 6.07) is 20.9. The Hall–Kier alpha value is -3.86. The number of amides is 2. The Labute approximate surface area is 173 Å². The highest BCUT2D eigenvalue weighted by Crippen LogP contribution is 2.40. The van der Waals surface area contributed by atoms with E-state index in [9.17, 15) is 9.59 Å². The highest BCUT2D eigenvalue weighted by Gasteiger charge is 2.29. The summed E-state index contributed by atoms with van der Waals surface area (Å²) in [4.78, 5) is 27.6. The second-order valence-electron chi connectivity index (χ2n) is 7.26. The third-order valence-corrected chi connectivity index (χ3v) is 5.66. The molecule has 0 aliphatic carbocycles. The zero-order valence-electron chi connectivity index (χ0n) is 16.7. The number of rotatable bonds is 4. The Kier molecular flexibility index (Phi) is 4.17. The standard InChI is InChI=1S/C25H20N2O3/c1-3-27-21-12-11-20(17-9-6-10-18(23(17)21)25(27)29)26-24(28)19-13-15-7-4-5-8-16(15)14-22(19)30-2/h4-14H,3H2,1-2H3,(H,26,28). The Balaban J connectivity index is 1.59. The fourth-order valence-electron chi connectivity index (χ4n) is 4.22. The second-order valence-corrected chi connectivity index (χ2v) is 7.26. The maximum atomic E-state index is 13.2. The van der Waals surface area contributed by atoms with Crippen LogP contribution in [0.15, 0.2) is 66.7 Å². The topological polar surface area (TPSA) is 58.6 Å². The van der Waals surface area contributed by atoms with E-state index in [4.69, 9.17) is 4.74 Å². The van der Waals surface area contributed by atoms with Gasteiger partial charge in [-0.05, 0) is 48.0 Å². The average Bonchev–Trinajstić information content (AvgIpc) is 3.06. The van der Waals surface area contributed by atoms with Crippen molar-refractivity contribution in [3.63, 3.8) is 0 Å². The van der Waals surface area contributed by atoms with E-state index in [1.54, 1.807) is 12.0 Å². The monoisotopic (exact) mass is 396 g/mol. The fourth-order valence-corrected chi connectivity index (χ4v) is 4.22. The van der Waals surface area contributed by atoms with Gasteiger partial charge in [-0.3, -0.25) is 9.59 Å². The molecule has 4 aromatic rings. The largest absolute Gasteiger partial charge is 0.496 e. The summed E-state index contributed by atoms with van der Waals surface area (Å²) in [6.07, 6.45) is 0. The predicted molar refractivity (Wildman–Crippen MR) is 120 cm³/mol. The molecule has 2 amide bonds. The first kappa shape index (κ1) is 18.2. The molecule has 1 heterocycles. The molecule has 1 aliphatic rings. The molecule has 1 N–H and O–H groups in total. The van der Waals surface area contributed by atoms with Crippen molar-refractivity contribution in [1.29, 1.82) is 0 Å². The summed E-state index contributed by atoms with van der Waals surface area (Å²) in [6.45, 7) is 2.56. The van der Waals surface area contributed by atoms with Gasteiger partial charge in [0.25, 0.3) is 11.8 Å². The minimum Gasteiger partial charge on any atom is -0.496 e. The Morgan fingerprint density at radius 2 is 1.77 bits per heavy atom. The summed E-state index contributed by atoms with van der Waals surface area (Å²) in [7, 11) is 1.56. The van der Waals surface area contributed by atoms with Gasteiger partial charge in [0.15, 0.2) is 0 Å². The zero-order chi connectivity index (χ0) is 20.8. The summed E-state index contributed by atoms with van der Waals surface area (Å²) in [5, 5.41) is 6.73. The van der Waals surface area contributed by atoms with E-state index in [1.807, 2.05) is 73.7 Å². The van der Waals surface area contributed by atoms with Gasteiger partial charge in [-0.2, -0.15) is 0 Å². The van der Waals surface area contributed by atoms with Gasteiger partial charge in [0.05, 0.1) is 18.4 Å². The third-order valence-electron chi connectivity index (χ3n) is 5.66. The van der Waals surface area contributed by atoms with Gasteiger partial charge in [-0.25, -0.2) is 0 Å². The molecule has 0 saturated heterocycles. The summed E-state index contributed by atoms with van der Waals surface area (Å²) in [5.41, 5.74) is 2.69. The normalized spacial score (nSPS) is 12.6. The van der Waals surface area contributed by atoms with Crippen LogP contribution in [0.3, 0.4) is 0 Å². The van der Waals surface area contributed by atoms with E-state index in [-0.39, 0.29) is 11.8 Å². The van der Waals surface area contributed by atoms with E-state index >= 15 is 0 Å². The van der Waals surface area contributed by atoms with Crippen LogP contribution in [0, 0.1) is 0 Å². The van der Waals surface area contributed by atoms with Crippen molar-refractivity contribution in [3.05, 3.63) is 77.9 Å². The molecule has 0 unspecified atom stereocenters. The first-order valence-electron chi connectivity index (χ1n) is 9.88. The molecule has 5 nitrogen and oxygen atoms in total. The van der Waals surface area contributed by atoms with Crippen LogP contribution in [0.1, 0.15) is 27.6 Å². The van der Waals surface area contributed by atoms with Gasteiger partial charge in [0.2, 0.25) is 0 Å². The first-order chi connectivity index (χ1) is 14.6.